The lowest BCUT2D eigenvalue weighted by Gasteiger charge is -2.26. The van der Waals surface area contributed by atoms with Crippen molar-refractivity contribution in [2.24, 2.45) is 0 Å². The zero-order valence-corrected chi connectivity index (χ0v) is 18.9. The Morgan fingerprint density at radius 3 is 2.43 bits per heavy atom. The van der Waals surface area contributed by atoms with Gasteiger partial charge in [-0.25, -0.2) is 8.42 Å². The van der Waals surface area contributed by atoms with Crippen molar-refractivity contribution in [3.05, 3.63) is 99.1 Å². The van der Waals surface area contributed by atoms with Crippen molar-refractivity contribution in [2.45, 2.75) is 30.8 Å². The molecule has 1 aliphatic rings. The maximum absolute atomic E-state index is 13.6. The summed E-state index contributed by atoms with van der Waals surface area (Å²) in [6.07, 6.45) is -4.73. The summed E-state index contributed by atoms with van der Waals surface area (Å²) in [4.78, 5) is 10.3. The summed E-state index contributed by atoms with van der Waals surface area (Å²) in [5.41, 5.74) is -0.248. The predicted molar refractivity (Wildman–Crippen MR) is 118 cm³/mol. The maximum Gasteiger partial charge on any atom is 0.416 e. The smallest absolute Gasteiger partial charge is 0.416 e. The summed E-state index contributed by atoms with van der Waals surface area (Å²) < 4.78 is 78.6. The highest BCUT2D eigenvalue weighted by molar-refractivity contribution is 7.89. The molecule has 184 valence electrons. The standard InChI is InChI=1S/C23H19F3N2O6S/c24-23(25,26)19-7-4-8-21(11-19)35(31,32)27(12-16-5-2-1-3-6-16)13-17-9-20(28(29)30)10-18-14-33-15-34-22(17)18/h1-11H,12-15H2. The van der Waals surface area contributed by atoms with Crippen LogP contribution in [-0.4, -0.2) is 24.4 Å². The van der Waals surface area contributed by atoms with Gasteiger partial charge in [0.1, 0.15) is 5.75 Å². The topological polar surface area (TPSA) is 99.0 Å². The van der Waals surface area contributed by atoms with Crippen LogP contribution < -0.4 is 4.74 Å². The van der Waals surface area contributed by atoms with Crippen LogP contribution >= 0.6 is 0 Å². The van der Waals surface area contributed by atoms with Crippen molar-refractivity contribution in [3.8, 4) is 5.75 Å². The molecule has 1 heterocycles. The molecule has 3 aromatic rings. The molecule has 0 bridgehead atoms. The second-order valence-corrected chi connectivity index (χ2v) is 9.68. The summed E-state index contributed by atoms with van der Waals surface area (Å²) in [5.74, 6) is 0.249. The molecule has 0 atom stereocenters. The van der Waals surface area contributed by atoms with Gasteiger partial charge in [-0.3, -0.25) is 10.1 Å². The first-order valence-corrected chi connectivity index (χ1v) is 11.7. The quantitative estimate of drug-likeness (QED) is 0.334. The molecule has 3 aromatic carbocycles. The molecule has 1 aliphatic heterocycles. The zero-order valence-electron chi connectivity index (χ0n) is 18.1. The van der Waals surface area contributed by atoms with Gasteiger partial charge in [0.05, 0.1) is 22.0 Å². The predicted octanol–water partition coefficient (Wildman–Crippen LogP) is 4.87. The third-order valence-electron chi connectivity index (χ3n) is 5.33. The Morgan fingerprint density at radius 2 is 1.74 bits per heavy atom. The highest BCUT2D eigenvalue weighted by atomic mass is 32.2. The Morgan fingerprint density at radius 1 is 1.00 bits per heavy atom. The van der Waals surface area contributed by atoms with Gasteiger partial charge in [0.15, 0.2) is 6.79 Å². The number of nitro groups is 1. The summed E-state index contributed by atoms with van der Waals surface area (Å²) in [5, 5.41) is 11.5. The second kappa shape index (κ2) is 9.64. The van der Waals surface area contributed by atoms with E-state index < -0.39 is 31.6 Å². The van der Waals surface area contributed by atoms with E-state index in [1.807, 2.05) is 0 Å². The third kappa shape index (κ3) is 5.45. The van der Waals surface area contributed by atoms with Gasteiger partial charge in [0, 0.05) is 36.3 Å². The first-order valence-electron chi connectivity index (χ1n) is 10.3. The lowest BCUT2D eigenvalue weighted by molar-refractivity contribution is -0.385. The first-order chi connectivity index (χ1) is 16.6. The zero-order chi connectivity index (χ0) is 25.2. The average molecular weight is 508 g/mol. The number of halogens is 3. The number of rotatable bonds is 7. The first kappa shape index (κ1) is 24.6. The highest BCUT2D eigenvalue weighted by Crippen LogP contribution is 2.36. The molecule has 0 unspecified atom stereocenters. The van der Waals surface area contributed by atoms with Gasteiger partial charge >= 0.3 is 6.18 Å². The molecule has 0 fully saturated rings. The Balaban J connectivity index is 1.80. The van der Waals surface area contributed by atoms with E-state index in [4.69, 9.17) is 9.47 Å². The second-order valence-electron chi connectivity index (χ2n) is 7.75. The summed E-state index contributed by atoms with van der Waals surface area (Å²) in [6.45, 7) is -0.662. The number of nitrogens with zero attached hydrogens (tertiary/aromatic N) is 2. The Bertz CT molecular complexity index is 1350. The van der Waals surface area contributed by atoms with E-state index in [0.717, 1.165) is 22.5 Å². The highest BCUT2D eigenvalue weighted by Gasteiger charge is 2.34. The molecule has 4 rings (SSSR count). The van der Waals surface area contributed by atoms with Gasteiger partial charge in [0.2, 0.25) is 10.0 Å². The molecule has 0 N–H and O–H groups in total. The number of hydrogen-bond acceptors (Lipinski definition) is 6. The fourth-order valence-corrected chi connectivity index (χ4v) is 5.14. The van der Waals surface area contributed by atoms with E-state index in [9.17, 15) is 31.7 Å². The molecule has 0 aliphatic carbocycles. The van der Waals surface area contributed by atoms with Crippen LogP contribution in [0.25, 0.3) is 0 Å². The number of ether oxygens (including phenoxy) is 2. The lowest BCUT2D eigenvalue weighted by atomic mass is 10.1. The van der Waals surface area contributed by atoms with Crippen LogP contribution in [-0.2, 0) is 40.6 Å². The number of sulfonamides is 1. The van der Waals surface area contributed by atoms with Crippen molar-refractivity contribution >= 4 is 15.7 Å². The Hall–Kier alpha value is -3.48. The number of hydrogen-bond donors (Lipinski definition) is 0. The fraction of sp³-hybridized carbons (Fsp3) is 0.217. The van der Waals surface area contributed by atoms with E-state index in [0.29, 0.717) is 17.2 Å². The van der Waals surface area contributed by atoms with Crippen LogP contribution in [0.4, 0.5) is 18.9 Å². The van der Waals surface area contributed by atoms with Crippen LogP contribution in [0.15, 0.2) is 71.6 Å². The molecule has 12 heteroatoms. The molecule has 0 saturated carbocycles. The van der Waals surface area contributed by atoms with Crippen LogP contribution in [0.5, 0.6) is 5.75 Å². The molecule has 0 saturated heterocycles. The molecule has 0 aromatic heterocycles. The third-order valence-corrected chi connectivity index (χ3v) is 7.12. The van der Waals surface area contributed by atoms with E-state index in [1.54, 1.807) is 30.3 Å². The van der Waals surface area contributed by atoms with Gasteiger partial charge in [-0.2, -0.15) is 17.5 Å². The fourth-order valence-electron chi connectivity index (χ4n) is 3.69. The van der Waals surface area contributed by atoms with Crippen molar-refractivity contribution in [2.75, 3.05) is 6.79 Å². The Labute approximate surface area is 198 Å². The average Bonchev–Trinajstić information content (AvgIpc) is 2.83. The number of fused-ring (bicyclic) bond motifs is 1. The summed E-state index contributed by atoms with van der Waals surface area (Å²) >= 11 is 0. The number of non-ortho nitro benzene ring substituents is 1. The maximum atomic E-state index is 13.6. The van der Waals surface area contributed by atoms with Crippen molar-refractivity contribution in [1.29, 1.82) is 0 Å². The van der Waals surface area contributed by atoms with Crippen LogP contribution in [0.3, 0.4) is 0 Å². The van der Waals surface area contributed by atoms with Gasteiger partial charge in [-0.15, -0.1) is 0 Å². The molecule has 35 heavy (non-hydrogen) atoms. The van der Waals surface area contributed by atoms with E-state index in [2.05, 4.69) is 0 Å². The Kier molecular flexibility index (Phi) is 6.79. The van der Waals surface area contributed by atoms with E-state index in [-0.39, 0.29) is 43.5 Å². The number of nitro benzene ring substituents is 1. The van der Waals surface area contributed by atoms with Crippen molar-refractivity contribution in [1.82, 2.24) is 4.31 Å². The van der Waals surface area contributed by atoms with Gasteiger partial charge < -0.3 is 9.47 Å². The molecule has 8 nitrogen and oxygen atoms in total. The molecule has 0 spiro atoms. The van der Waals surface area contributed by atoms with Gasteiger partial charge in [0.25, 0.3) is 5.69 Å². The SMILES string of the molecule is O=[N+]([O-])c1cc2c(c(CN(Cc3ccccc3)S(=O)(=O)c3cccc(C(F)(F)F)c3)c1)OCOC2. The molecule has 0 radical (unpaired) electrons. The summed E-state index contributed by atoms with van der Waals surface area (Å²) in [6, 6.07) is 14.4. The van der Waals surface area contributed by atoms with Crippen molar-refractivity contribution in [3.63, 3.8) is 0 Å². The van der Waals surface area contributed by atoms with E-state index >= 15 is 0 Å². The number of alkyl halides is 3. The summed E-state index contributed by atoms with van der Waals surface area (Å²) in [7, 11) is -4.46. The largest absolute Gasteiger partial charge is 0.467 e. The van der Waals surface area contributed by atoms with Crippen LogP contribution in [0, 0.1) is 10.1 Å². The minimum Gasteiger partial charge on any atom is -0.467 e. The number of benzene rings is 3. The van der Waals surface area contributed by atoms with Crippen LogP contribution in [0.2, 0.25) is 0 Å². The molecular formula is C23H19F3N2O6S. The molecular weight excluding hydrogens is 489 g/mol. The lowest BCUT2D eigenvalue weighted by Crippen LogP contribution is -2.31. The molecule has 0 amide bonds. The van der Waals surface area contributed by atoms with Gasteiger partial charge in [-0.05, 0) is 23.8 Å². The van der Waals surface area contributed by atoms with Crippen molar-refractivity contribution < 1.29 is 36.0 Å². The van der Waals surface area contributed by atoms with Crippen LogP contribution in [0.1, 0.15) is 22.3 Å². The normalized spacial score (nSPS) is 13.8. The van der Waals surface area contributed by atoms with Gasteiger partial charge in [-0.1, -0.05) is 36.4 Å². The minimum atomic E-state index is -4.73. The minimum absolute atomic E-state index is 0.0308. The monoisotopic (exact) mass is 508 g/mol. The van der Waals surface area contributed by atoms with E-state index in [1.165, 1.54) is 12.1 Å².